The van der Waals surface area contributed by atoms with Crippen LogP contribution >= 0.6 is 0 Å². The molecule has 5 nitrogen and oxygen atoms in total. The Morgan fingerprint density at radius 1 is 1.04 bits per heavy atom. The Bertz CT molecular complexity index is 636. The lowest BCUT2D eigenvalue weighted by Gasteiger charge is -2.37. The number of carbonyl (C=O) groups excluding carboxylic acids is 2. The Morgan fingerprint density at radius 2 is 1.65 bits per heavy atom. The van der Waals surface area contributed by atoms with Crippen LogP contribution in [0.4, 0.5) is 10.1 Å². The van der Waals surface area contributed by atoms with Crippen LogP contribution in [-0.4, -0.2) is 49.6 Å². The number of amides is 1. The van der Waals surface area contributed by atoms with E-state index in [-0.39, 0.29) is 29.5 Å². The van der Waals surface area contributed by atoms with Gasteiger partial charge in [-0.25, -0.2) is 4.39 Å². The molecule has 0 saturated carbocycles. The van der Waals surface area contributed by atoms with E-state index in [9.17, 15) is 14.0 Å². The van der Waals surface area contributed by atoms with E-state index in [1.54, 1.807) is 12.1 Å². The van der Waals surface area contributed by atoms with Gasteiger partial charge in [0.1, 0.15) is 5.82 Å². The van der Waals surface area contributed by atoms with Gasteiger partial charge in [0.2, 0.25) is 5.91 Å². The molecule has 0 radical (unpaired) electrons. The highest BCUT2D eigenvalue weighted by atomic mass is 19.1. The Balaban J connectivity index is 1.49. The molecular weight excluding hydrogens is 335 g/mol. The molecule has 142 valence electrons. The number of ether oxygens (including phenoxy) is 1. The first-order valence-electron chi connectivity index (χ1n) is 9.55. The number of esters is 1. The Labute approximate surface area is 154 Å². The van der Waals surface area contributed by atoms with Gasteiger partial charge < -0.3 is 14.5 Å². The number of rotatable bonds is 4. The molecule has 2 heterocycles. The van der Waals surface area contributed by atoms with Crippen molar-refractivity contribution >= 4 is 17.6 Å². The zero-order valence-corrected chi connectivity index (χ0v) is 15.3. The minimum atomic E-state index is -0.210. The highest BCUT2D eigenvalue weighted by Gasteiger charge is 2.33. The smallest absolute Gasteiger partial charge is 0.309 e. The van der Waals surface area contributed by atoms with E-state index in [2.05, 4.69) is 0 Å². The molecule has 6 heteroatoms. The van der Waals surface area contributed by atoms with Crippen LogP contribution in [-0.2, 0) is 14.3 Å². The number of hydrogen-bond donors (Lipinski definition) is 0. The number of piperidine rings is 2. The minimum Gasteiger partial charge on any atom is -0.466 e. The van der Waals surface area contributed by atoms with Gasteiger partial charge >= 0.3 is 5.97 Å². The number of para-hydroxylation sites is 1. The summed E-state index contributed by atoms with van der Waals surface area (Å²) in [4.78, 5) is 28.5. The summed E-state index contributed by atoms with van der Waals surface area (Å²) in [5.74, 6) is -0.254. The van der Waals surface area contributed by atoms with Crippen molar-refractivity contribution < 1.29 is 18.7 Å². The SMILES string of the molecule is CCOC(=O)C1CCN(C(=O)C2CCN(c3ccccc3F)CC2)CC1. The van der Waals surface area contributed by atoms with Gasteiger partial charge in [-0.15, -0.1) is 0 Å². The summed E-state index contributed by atoms with van der Waals surface area (Å²) in [6, 6.07) is 6.79. The molecule has 0 N–H and O–H groups in total. The van der Waals surface area contributed by atoms with E-state index in [1.807, 2.05) is 22.8 Å². The number of nitrogens with zero attached hydrogens (tertiary/aromatic N) is 2. The van der Waals surface area contributed by atoms with Crippen molar-refractivity contribution in [2.45, 2.75) is 32.6 Å². The summed E-state index contributed by atoms with van der Waals surface area (Å²) in [7, 11) is 0. The Morgan fingerprint density at radius 3 is 2.27 bits per heavy atom. The second-order valence-electron chi connectivity index (χ2n) is 7.06. The lowest BCUT2D eigenvalue weighted by molar-refractivity contribution is -0.151. The third-order valence-electron chi connectivity index (χ3n) is 5.46. The molecule has 1 aromatic carbocycles. The Kier molecular flexibility index (Phi) is 6.12. The maximum atomic E-state index is 13.9. The summed E-state index contributed by atoms with van der Waals surface area (Å²) < 4.78 is 19.0. The van der Waals surface area contributed by atoms with Gasteiger partial charge in [-0.1, -0.05) is 12.1 Å². The fourth-order valence-electron chi connectivity index (χ4n) is 3.93. The number of carbonyl (C=O) groups is 2. The molecule has 0 aliphatic carbocycles. The van der Waals surface area contributed by atoms with Gasteiger partial charge in [0.05, 0.1) is 18.2 Å². The van der Waals surface area contributed by atoms with Crippen molar-refractivity contribution in [3.8, 4) is 0 Å². The van der Waals surface area contributed by atoms with Crippen LogP contribution in [0.5, 0.6) is 0 Å². The molecule has 2 fully saturated rings. The summed E-state index contributed by atoms with van der Waals surface area (Å²) >= 11 is 0. The molecule has 0 atom stereocenters. The lowest BCUT2D eigenvalue weighted by Crippen LogP contribution is -2.46. The van der Waals surface area contributed by atoms with Crippen molar-refractivity contribution in [2.75, 3.05) is 37.7 Å². The van der Waals surface area contributed by atoms with Crippen molar-refractivity contribution in [2.24, 2.45) is 11.8 Å². The first-order valence-corrected chi connectivity index (χ1v) is 9.55. The normalized spacial score (nSPS) is 19.5. The first-order chi connectivity index (χ1) is 12.6. The second kappa shape index (κ2) is 8.52. The zero-order chi connectivity index (χ0) is 18.5. The fraction of sp³-hybridized carbons (Fsp3) is 0.600. The molecule has 0 aromatic heterocycles. The quantitative estimate of drug-likeness (QED) is 0.773. The van der Waals surface area contributed by atoms with Crippen LogP contribution in [0.1, 0.15) is 32.6 Å². The van der Waals surface area contributed by atoms with E-state index >= 15 is 0 Å². The second-order valence-corrected chi connectivity index (χ2v) is 7.06. The molecule has 1 aromatic rings. The molecule has 0 bridgehead atoms. The third kappa shape index (κ3) is 4.17. The predicted molar refractivity (Wildman–Crippen MR) is 97.3 cm³/mol. The van der Waals surface area contributed by atoms with Crippen molar-refractivity contribution in [3.05, 3.63) is 30.1 Å². The topological polar surface area (TPSA) is 49.9 Å². The highest BCUT2D eigenvalue weighted by Crippen LogP contribution is 2.28. The summed E-state index contributed by atoms with van der Waals surface area (Å²) in [5.41, 5.74) is 0.619. The van der Waals surface area contributed by atoms with Gasteiger partial charge in [-0.2, -0.15) is 0 Å². The van der Waals surface area contributed by atoms with E-state index < -0.39 is 0 Å². The zero-order valence-electron chi connectivity index (χ0n) is 15.3. The molecule has 2 aliphatic heterocycles. The van der Waals surface area contributed by atoms with Gasteiger partial charge in [-0.3, -0.25) is 9.59 Å². The molecule has 0 spiro atoms. The van der Waals surface area contributed by atoms with Crippen LogP contribution in [0.2, 0.25) is 0 Å². The number of likely N-dealkylation sites (tertiary alicyclic amines) is 1. The number of anilines is 1. The lowest BCUT2D eigenvalue weighted by atomic mass is 9.92. The number of hydrogen-bond acceptors (Lipinski definition) is 4. The fourth-order valence-corrected chi connectivity index (χ4v) is 3.93. The minimum absolute atomic E-state index is 0.00262. The average Bonchev–Trinajstić information content (AvgIpc) is 2.68. The molecular formula is C20H27FN2O3. The molecule has 26 heavy (non-hydrogen) atoms. The van der Waals surface area contributed by atoms with Crippen molar-refractivity contribution in [3.63, 3.8) is 0 Å². The van der Waals surface area contributed by atoms with E-state index in [4.69, 9.17) is 4.74 Å². The highest BCUT2D eigenvalue weighted by molar-refractivity contribution is 5.80. The van der Waals surface area contributed by atoms with Crippen LogP contribution in [0, 0.1) is 17.7 Å². The van der Waals surface area contributed by atoms with Gasteiger partial charge in [0.15, 0.2) is 0 Å². The molecule has 3 rings (SSSR count). The van der Waals surface area contributed by atoms with E-state index in [1.165, 1.54) is 6.07 Å². The largest absolute Gasteiger partial charge is 0.466 e. The number of benzene rings is 1. The van der Waals surface area contributed by atoms with Crippen LogP contribution < -0.4 is 4.90 Å². The van der Waals surface area contributed by atoms with E-state index in [0.29, 0.717) is 51.3 Å². The standard InChI is InChI=1S/C20H27FN2O3/c1-2-26-20(25)16-9-13-23(14-10-16)19(24)15-7-11-22(12-8-15)18-6-4-3-5-17(18)21/h3-6,15-16H,2,7-14H2,1H3. The average molecular weight is 362 g/mol. The van der Waals surface area contributed by atoms with Gasteiger partial charge in [0, 0.05) is 32.1 Å². The maximum absolute atomic E-state index is 13.9. The molecule has 2 saturated heterocycles. The summed E-state index contributed by atoms with van der Waals surface area (Å²) in [6.45, 7) is 4.84. The van der Waals surface area contributed by atoms with Gasteiger partial charge in [0.25, 0.3) is 0 Å². The van der Waals surface area contributed by atoms with Crippen molar-refractivity contribution in [1.29, 1.82) is 0 Å². The Hall–Kier alpha value is -2.11. The molecule has 0 unspecified atom stereocenters. The van der Waals surface area contributed by atoms with Crippen LogP contribution in [0.25, 0.3) is 0 Å². The predicted octanol–water partition coefficient (Wildman–Crippen LogP) is 2.84. The first kappa shape index (κ1) is 18.7. The monoisotopic (exact) mass is 362 g/mol. The summed E-state index contributed by atoms with van der Waals surface area (Å²) in [5, 5.41) is 0. The van der Waals surface area contributed by atoms with Crippen LogP contribution in [0.3, 0.4) is 0 Å². The number of halogens is 1. The summed E-state index contributed by atoms with van der Waals surface area (Å²) in [6.07, 6.45) is 2.84. The molecule has 2 aliphatic rings. The maximum Gasteiger partial charge on any atom is 0.309 e. The van der Waals surface area contributed by atoms with Crippen LogP contribution in [0.15, 0.2) is 24.3 Å². The molecule has 1 amide bonds. The van der Waals surface area contributed by atoms with E-state index in [0.717, 1.165) is 12.8 Å². The van der Waals surface area contributed by atoms with Gasteiger partial charge in [-0.05, 0) is 44.7 Å². The van der Waals surface area contributed by atoms with Crippen molar-refractivity contribution in [1.82, 2.24) is 4.90 Å². The third-order valence-corrected chi connectivity index (χ3v) is 5.46.